The molecule has 0 aliphatic heterocycles. The first-order valence-electron chi connectivity index (χ1n) is 6.83. The van der Waals surface area contributed by atoms with Gasteiger partial charge in [0.15, 0.2) is 5.78 Å². The van der Waals surface area contributed by atoms with Crippen molar-refractivity contribution in [1.29, 1.82) is 0 Å². The molecule has 1 saturated carbocycles. The standard InChI is InChI=1S/C17H13FO4/c18-13-5-1-11(2-6-13)15(19)12-3-7-14(8-4-12)22-17(9-10-17)16(20)21/h1-8H,9-10H2,(H,20,21). The maximum absolute atomic E-state index is 12.9. The highest BCUT2D eigenvalue weighted by Gasteiger charge is 2.53. The van der Waals surface area contributed by atoms with Crippen molar-refractivity contribution in [3.05, 3.63) is 65.5 Å². The average molecular weight is 300 g/mol. The lowest BCUT2D eigenvalue weighted by Crippen LogP contribution is -2.28. The zero-order valence-electron chi connectivity index (χ0n) is 11.6. The van der Waals surface area contributed by atoms with Gasteiger partial charge in [0.2, 0.25) is 5.60 Å². The highest BCUT2D eigenvalue weighted by Crippen LogP contribution is 2.40. The predicted molar refractivity (Wildman–Crippen MR) is 76.5 cm³/mol. The molecule has 5 heteroatoms. The minimum absolute atomic E-state index is 0.231. The maximum Gasteiger partial charge on any atom is 0.348 e. The molecule has 0 bridgehead atoms. The molecule has 0 heterocycles. The number of carboxylic acids is 1. The van der Waals surface area contributed by atoms with Crippen molar-refractivity contribution < 1.29 is 23.8 Å². The van der Waals surface area contributed by atoms with Crippen molar-refractivity contribution in [3.63, 3.8) is 0 Å². The fourth-order valence-corrected chi connectivity index (χ4v) is 2.14. The van der Waals surface area contributed by atoms with Gasteiger partial charge in [0.25, 0.3) is 0 Å². The molecule has 2 aromatic carbocycles. The average Bonchev–Trinajstić information content (AvgIpc) is 3.29. The van der Waals surface area contributed by atoms with E-state index in [1.807, 2.05) is 0 Å². The summed E-state index contributed by atoms with van der Waals surface area (Å²) in [5.74, 6) is -1.19. The molecule has 3 rings (SSSR count). The van der Waals surface area contributed by atoms with Gasteiger partial charge in [-0.05, 0) is 48.5 Å². The Hall–Kier alpha value is -2.69. The number of ketones is 1. The van der Waals surface area contributed by atoms with E-state index in [0.717, 1.165) is 0 Å². The number of ether oxygens (including phenoxy) is 1. The monoisotopic (exact) mass is 300 g/mol. The Morgan fingerprint density at radius 1 is 0.955 bits per heavy atom. The van der Waals surface area contributed by atoms with E-state index in [2.05, 4.69) is 0 Å². The SMILES string of the molecule is O=C(c1ccc(F)cc1)c1ccc(OC2(C(=O)O)CC2)cc1. The molecule has 0 aromatic heterocycles. The molecule has 0 amide bonds. The normalized spacial score (nSPS) is 15.1. The first-order chi connectivity index (χ1) is 10.5. The number of aliphatic carboxylic acids is 1. The van der Waals surface area contributed by atoms with Crippen LogP contribution < -0.4 is 4.74 Å². The number of halogens is 1. The van der Waals surface area contributed by atoms with Crippen LogP contribution in [0.2, 0.25) is 0 Å². The zero-order chi connectivity index (χ0) is 15.7. The van der Waals surface area contributed by atoms with E-state index in [1.165, 1.54) is 24.3 Å². The van der Waals surface area contributed by atoms with Crippen LogP contribution in [0.5, 0.6) is 5.75 Å². The van der Waals surface area contributed by atoms with E-state index in [1.54, 1.807) is 24.3 Å². The van der Waals surface area contributed by atoms with Gasteiger partial charge >= 0.3 is 5.97 Å². The minimum atomic E-state index is -1.11. The number of hydrogen-bond donors (Lipinski definition) is 1. The summed E-state index contributed by atoms with van der Waals surface area (Å²) >= 11 is 0. The number of benzene rings is 2. The van der Waals surface area contributed by atoms with E-state index < -0.39 is 17.4 Å². The predicted octanol–water partition coefficient (Wildman–Crippen LogP) is 3.05. The number of carbonyl (C=O) groups is 2. The second-order valence-electron chi connectivity index (χ2n) is 5.26. The lowest BCUT2D eigenvalue weighted by atomic mass is 10.0. The van der Waals surface area contributed by atoms with Crippen LogP contribution in [-0.4, -0.2) is 22.5 Å². The molecular weight excluding hydrogens is 287 g/mol. The Morgan fingerprint density at radius 2 is 1.45 bits per heavy atom. The Kier molecular flexibility index (Phi) is 3.41. The summed E-state index contributed by atoms with van der Waals surface area (Å²) in [4.78, 5) is 23.3. The van der Waals surface area contributed by atoms with Gasteiger partial charge in [-0.25, -0.2) is 9.18 Å². The van der Waals surface area contributed by atoms with Crippen LogP contribution in [-0.2, 0) is 4.79 Å². The molecule has 1 aliphatic carbocycles. The topological polar surface area (TPSA) is 63.6 Å². The highest BCUT2D eigenvalue weighted by atomic mass is 19.1. The quantitative estimate of drug-likeness (QED) is 0.862. The Morgan fingerprint density at radius 3 is 1.91 bits per heavy atom. The minimum Gasteiger partial charge on any atom is -0.478 e. The number of carbonyl (C=O) groups excluding carboxylic acids is 1. The molecule has 0 spiro atoms. The van der Waals surface area contributed by atoms with Crippen LogP contribution in [0.4, 0.5) is 4.39 Å². The summed E-state index contributed by atoms with van der Waals surface area (Å²) in [5.41, 5.74) is -0.291. The van der Waals surface area contributed by atoms with Gasteiger partial charge in [0.05, 0.1) is 0 Å². The van der Waals surface area contributed by atoms with Crippen molar-refractivity contribution in [2.75, 3.05) is 0 Å². The number of hydrogen-bond acceptors (Lipinski definition) is 3. The summed E-state index contributed by atoms with van der Waals surface area (Å²) in [5, 5.41) is 9.07. The van der Waals surface area contributed by atoms with Gasteiger partial charge in [-0.2, -0.15) is 0 Å². The second-order valence-corrected chi connectivity index (χ2v) is 5.26. The molecule has 22 heavy (non-hydrogen) atoms. The molecule has 0 radical (unpaired) electrons. The van der Waals surface area contributed by atoms with Gasteiger partial charge in [0, 0.05) is 24.0 Å². The zero-order valence-corrected chi connectivity index (χ0v) is 11.6. The molecule has 2 aromatic rings. The summed E-state index contributed by atoms with van der Waals surface area (Å²) < 4.78 is 18.3. The van der Waals surface area contributed by atoms with Gasteiger partial charge in [-0.15, -0.1) is 0 Å². The first kappa shape index (κ1) is 14.3. The Labute approximate surface area is 126 Å². The lowest BCUT2D eigenvalue weighted by molar-refractivity contribution is -0.147. The van der Waals surface area contributed by atoms with Crippen LogP contribution in [0, 0.1) is 5.82 Å². The molecule has 0 atom stereocenters. The van der Waals surface area contributed by atoms with Crippen molar-refractivity contribution in [3.8, 4) is 5.75 Å². The Bertz CT molecular complexity index is 715. The molecule has 112 valence electrons. The van der Waals surface area contributed by atoms with Crippen molar-refractivity contribution in [2.45, 2.75) is 18.4 Å². The van der Waals surface area contributed by atoms with Crippen molar-refractivity contribution in [2.24, 2.45) is 0 Å². The van der Waals surface area contributed by atoms with E-state index >= 15 is 0 Å². The summed E-state index contributed by atoms with van der Waals surface area (Å²) in [6.45, 7) is 0. The second kappa shape index (κ2) is 5.26. The fraction of sp³-hybridized carbons (Fsp3) is 0.176. The third-order valence-corrected chi connectivity index (χ3v) is 3.63. The van der Waals surface area contributed by atoms with Crippen LogP contribution >= 0.6 is 0 Å². The largest absolute Gasteiger partial charge is 0.478 e. The number of carboxylic acid groups (broad SMARTS) is 1. The smallest absolute Gasteiger partial charge is 0.348 e. The number of rotatable bonds is 5. The van der Waals surface area contributed by atoms with Gasteiger partial charge in [0.1, 0.15) is 11.6 Å². The van der Waals surface area contributed by atoms with E-state index in [-0.39, 0.29) is 5.78 Å². The molecule has 0 unspecified atom stereocenters. The molecule has 4 nitrogen and oxygen atoms in total. The summed E-state index contributed by atoms with van der Waals surface area (Å²) in [7, 11) is 0. The highest BCUT2D eigenvalue weighted by molar-refractivity contribution is 6.09. The molecule has 0 saturated heterocycles. The van der Waals surface area contributed by atoms with Gasteiger partial charge in [-0.3, -0.25) is 4.79 Å². The van der Waals surface area contributed by atoms with Crippen molar-refractivity contribution >= 4 is 11.8 Å². The van der Waals surface area contributed by atoms with E-state index in [0.29, 0.717) is 29.7 Å². The molecule has 1 N–H and O–H groups in total. The molecular formula is C17H13FO4. The van der Waals surface area contributed by atoms with Crippen LogP contribution in [0.25, 0.3) is 0 Å². The van der Waals surface area contributed by atoms with E-state index in [4.69, 9.17) is 9.84 Å². The van der Waals surface area contributed by atoms with Crippen LogP contribution in [0.15, 0.2) is 48.5 Å². The third-order valence-electron chi connectivity index (χ3n) is 3.63. The summed E-state index contributed by atoms with van der Waals surface area (Å²) in [6, 6.07) is 11.6. The molecule has 1 aliphatic rings. The van der Waals surface area contributed by atoms with Gasteiger partial charge < -0.3 is 9.84 Å². The molecule has 1 fully saturated rings. The summed E-state index contributed by atoms with van der Waals surface area (Å²) in [6.07, 6.45) is 0.969. The van der Waals surface area contributed by atoms with Crippen LogP contribution in [0.1, 0.15) is 28.8 Å². The van der Waals surface area contributed by atoms with Crippen molar-refractivity contribution in [1.82, 2.24) is 0 Å². The third kappa shape index (κ3) is 2.70. The van der Waals surface area contributed by atoms with E-state index in [9.17, 15) is 14.0 Å². The first-order valence-corrected chi connectivity index (χ1v) is 6.83. The maximum atomic E-state index is 12.9. The fourth-order valence-electron chi connectivity index (χ4n) is 2.14. The Balaban J connectivity index is 1.75. The van der Waals surface area contributed by atoms with Gasteiger partial charge in [-0.1, -0.05) is 0 Å². The lowest BCUT2D eigenvalue weighted by Gasteiger charge is -2.13. The van der Waals surface area contributed by atoms with Crippen LogP contribution in [0.3, 0.4) is 0 Å².